The molecule has 0 bridgehead atoms. The molecule has 1 saturated carbocycles. The summed E-state index contributed by atoms with van der Waals surface area (Å²) in [4.78, 5) is 24.8. The van der Waals surface area contributed by atoms with Crippen LogP contribution >= 0.6 is 12.6 Å². The van der Waals surface area contributed by atoms with Crippen molar-refractivity contribution in [2.75, 3.05) is 7.11 Å². The molecular weight excluding hydrogens is 344 g/mol. The minimum atomic E-state index is -0.401. The Kier molecular flexibility index (Phi) is 5.52. The number of thiol groups is 1. The Balaban J connectivity index is 2.06. The maximum Gasteiger partial charge on any atom is 0.217 e. The standard InChI is InChI=1S/C22H24O3S/c1-22(12-6-3-7-13-22)18-14-15(10-11-19(18)25-2)20(23)16-8-4-5-9-17(16)21(24)26/h4-5,8-11,14H,3,6-7,12-13H2,1-2H3,(H,24,26). The molecule has 3 rings (SSSR count). The first-order valence-corrected chi connectivity index (χ1v) is 9.46. The summed E-state index contributed by atoms with van der Waals surface area (Å²) in [6.45, 7) is 2.25. The van der Waals surface area contributed by atoms with Crippen LogP contribution < -0.4 is 4.74 Å². The third-order valence-corrected chi connectivity index (χ3v) is 5.71. The second kappa shape index (κ2) is 7.67. The normalized spacial score (nSPS) is 16.1. The summed E-state index contributed by atoms with van der Waals surface area (Å²) < 4.78 is 5.59. The zero-order valence-electron chi connectivity index (χ0n) is 15.2. The van der Waals surface area contributed by atoms with E-state index in [9.17, 15) is 9.59 Å². The summed E-state index contributed by atoms with van der Waals surface area (Å²) in [6.07, 6.45) is 5.82. The number of carbonyl (C=O) groups excluding carboxylic acids is 2. The van der Waals surface area contributed by atoms with Gasteiger partial charge in [-0.3, -0.25) is 9.59 Å². The van der Waals surface area contributed by atoms with Gasteiger partial charge in [0, 0.05) is 22.3 Å². The van der Waals surface area contributed by atoms with Gasteiger partial charge in [0.05, 0.1) is 7.11 Å². The summed E-state index contributed by atoms with van der Waals surface area (Å²) in [7, 11) is 1.67. The van der Waals surface area contributed by atoms with Gasteiger partial charge in [0.2, 0.25) is 5.12 Å². The van der Waals surface area contributed by atoms with Crippen LogP contribution in [0.3, 0.4) is 0 Å². The molecule has 0 heterocycles. The van der Waals surface area contributed by atoms with Crippen LogP contribution in [0.5, 0.6) is 5.75 Å². The fraction of sp³-hybridized carbons (Fsp3) is 0.364. The second-order valence-electron chi connectivity index (χ2n) is 7.22. The maximum atomic E-state index is 13.1. The average molecular weight is 368 g/mol. The van der Waals surface area contributed by atoms with Crippen LogP contribution in [0.2, 0.25) is 0 Å². The average Bonchev–Trinajstić information content (AvgIpc) is 2.67. The lowest BCUT2D eigenvalue weighted by Gasteiger charge is -2.35. The molecule has 0 spiro atoms. The largest absolute Gasteiger partial charge is 0.496 e. The number of ether oxygens (including phenoxy) is 1. The summed E-state index contributed by atoms with van der Waals surface area (Å²) in [5, 5.41) is -0.401. The van der Waals surface area contributed by atoms with E-state index in [0.717, 1.165) is 24.2 Å². The van der Waals surface area contributed by atoms with Crippen molar-refractivity contribution in [2.45, 2.75) is 44.4 Å². The van der Waals surface area contributed by atoms with Gasteiger partial charge in [0.1, 0.15) is 5.75 Å². The van der Waals surface area contributed by atoms with Crippen molar-refractivity contribution in [1.29, 1.82) is 0 Å². The molecule has 0 radical (unpaired) electrons. The molecular formula is C22H24O3S. The summed E-state index contributed by atoms with van der Waals surface area (Å²) in [5.74, 6) is 0.663. The minimum absolute atomic E-state index is 0.0127. The lowest BCUT2D eigenvalue weighted by atomic mass is 9.70. The monoisotopic (exact) mass is 368 g/mol. The molecule has 2 aromatic rings. The van der Waals surface area contributed by atoms with Gasteiger partial charge in [-0.2, -0.15) is 0 Å². The van der Waals surface area contributed by atoms with E-state index in [1.165, 1.54) is 19.3 Å². The first-order chi connectivity index (χ1) is 12.5. The van der Waals surface area contributed by atoms with E-state index in [1.807, 2.05) is 12.1 Å². The van der Waals surface area contributed by atoms with Gasteiger partial charge < -0.3 is 4.74 Å². The highest BCUT2D eigenvalue weighted by Crippen LogP contribution is 2.43. The molecule has 0 aliphatic heterocycles. The smallest absolute Gasteiger partial charge is 0.217 e. The van der Waals surface area contributed by atoms with Crippen LogP contribution in [0.15, 0.2) is 42.5 Å². The molecule has 0 N–H and O–H groups in total. The van der Waals surface area contributed by atoms with E-state index >= 15 is 0 Å². The zero-order chi connectivity index (χ0) is 18.7. The predicted molar refractivity (Wildman–Crippen MR) is 107 cm³/mol. The number of carbonyl (C=O) groups is 2. The van der Waals surface area contributed by atoms with Gasteiger partial charge >= 0.3 is 0 Å². The van der Waals surface area contributed by atoms with Crippen molar-refractivity contribution in [2.24, 2.45) is 0 Å². The number of hydrogen-bond acceptors (Lipinski definition) is 3. The van der Waals surface area contributed by atoms with Crippen molar-refractivity contribution in [3.8, 4) is 5.75 Å². The van der Waals surface area contributed by atoms with E-state index in [2.05, 4.69) is 19.6 Å². The van der Waals surface area contributed by atoms with E-state index in [0.29, 0.717) is 16.7 Å². The number of benzene rings is 2. The number of hydrogen-bond donors (Lipinski definition) is 1. The van der Waals surface area contributed by atoms with Crippen molar-refractivity contribution in [3.63, 3.8) is 0 Å². The molecule has 1 fully saturated rings. The SMILES string of the molecule is COc1ccc(C(=O)c2ccccc2C(=O)S)cc1C1(C)CCCCC1. The Morgan fingerprint density at radius 1 is 1.00 bits per heavy atom. The van der Waals surface area contributed by atoms with Crippen LogP contribution in [0.25, 0.3) is 0 Å². The number of rotatable bonds is 5. The van der Waals surface area contributed by atoms with Gasteiger partial charge in [-0.05, 0) is 42.5 Å². The number of ketones is 1. The van der Waals surface area contributed by atoms with E-state index in [4.69, 9.17) is 4.74 Å². The third-order valence-electron chi connectivity index (χ3n) is 5.47. The molecule has 136 valence electrons. The molecule has 0 unspecified atom stereocenters. The third kappa shape index (κ3) is 3.56. The fourth-order valence-electron chi connectivity index (χ4n) is 3.95. The molecule has 3 nitrogen and oxygen atoms in total. The summed E-state index contributed by atoms with van der Waals surface area (Å²) >= 11 is 3.90. The molecule has 1 aliphatic carbocycles. The van der Waals surface area contributed by atoms with Gasteiger partial charge in [0.25, 0.3) is 0 Å². The van der Waals surface area contributed by atoms with Crippen LogP contribution in [0.1, 0.15) is 70.9 Å². The van der Waals surface area contributed by atoms with Gasteiger partial charge in [-0.15, -0.1) is 12.6 Å². The van der Waals surface area contributed by atoms with Crippen LogP contribution in [0, 0.1) is 0 Å². The van der Waals surface area contributed by atoms with Gasteiger partial charge in [-0.25, -0.2) is 0 Å². The van der Waals surface area contributed by atoms with Crippen molar-refractivity contribution in [3.05, 3.63) is 64.7 Å². The van der Waals surface area contributed by atoms with Crippen molar-refractivity contribution >= 4 is 23.5 Å². The van der Waals surface area contributed by atoms with Crippen molar-refractivity contribution in [1.82, 2.24) is 0 Å². The lowest BCUT2D eigenvalue weighted by Crippen LogP contribution is -2.26. The predicted octanol–water partition coefficient (Wildman–Crippen LogP) is 5.22. The molecule has 0 atom stereocenters. The minimum Gasteiger partial charge on any atom is -0.496 e. The highest BCUT2D eigenvalue weighted by Gasteiger charge is 2.32. The van der Waals surface area contributed by atoms with Crippen LogP contribution in [-0.2, 0) is 5.41 Å². The lowest BCUT2D eigenvalue weighted by molar-refractivity contribution is 0.102. The summed E-state index contributed by atoms with van der Waals surface area (Å²) in [6, 6.07) is 12.4. The van der Waals surface area contributed by atoms with Crippen LogP contribution in [-0.4, -0.2) is 18.0 Å². The Labute approximate surface area is 160 Å². The molecule has 1 aliphatic rings. The first-order valence-electron chi connectivity index (χ1n) is 9.02. The summed E-state index contributed by atoms with van der Waals surface area (Å²) in [5.41, 5.74) is 2.40. The van der Waals surface area contributed by atoms with Crippen LogP contribution in [0.4, 0.5) is 0 Å². The Morgan fingerprint density at radius 2 is 1.65 bits per heavy atom. The topological polar surface area (TPSA) is 43.4 Å². The molecule has 2 aromatic carbocycles. The van der Waals surface area contributed by atoms with E-state index in [1.54, 1.807) is 37.4 Å². The molecule has 0 amide bonds. The Hall–Kier alpha value is -2.07. The van der Waals surface area contributed by atoms with Gasteiger partial charge in [-0.1, -0.05) is 44.4 Å². The second-order valence-corrected chi connectivity index (χ2v) is 7.62. The molecule has 0 aromatic heterocycles. The van der Waals surface area contributed by atoms with Crippen molar-refractivity contribution < 1.29 is 14.3 Å². The molecule has 4 heteroatoms. The molecule has 26 heavy (non-hydrogen) atoms. The van der Waals surface area contributed by atoms with E-state index in [-0.39, 0.29) is 11.2 Å². The highest BCUT2D eigenvalue weighted by atomic mass is 32.1. The quantitative estimate of drug-likeness (QED) is 0.581. The maximum absolute atomic E-state index is 13.1. The Bertz CT molecular complexity index is 835. The first kappa shape index (κ1) is 18.7. The number of methoxy groups -OCH3 is 1. The zero-order valence-corrected chi connectivity index (χ0v) is 16.1. The van der Waals surface area contributed by atoms with Gasteiger partial charge in [0.15, 0.2) is 5.78 Å². The van der Waals surface area contributed by atoms with E-state index < -0.39 is 5.12 Å². The Morgan fingerprint density at radius 3 is 2.27 bits per heavy atom. The highest BCUT2D eigenvalue weighted by molar-refractivity contribution is 7.97. The fourth-order valence-corrected chi connectivity index (χ4v) is 4.14. The molecule has 0 saturated heterocycles.